The van der Waals surface area contributed by atoms with E-state index in [1.807, 2.05) is 0 Å². The van der Waals surface area contributed by atoms with E-state index in [0.717, 1.165) is 0 Å². The van der Waals surface area contributed by atoms with Gasteiger partial charge in [-0.2, -0.15) is 0 Å². The van der Waals surface area contributed by atoms with E-state index in [1.165, 1.54) is 0 Å². The third kappa shape index (κ3) is 1.82. The molecular weight excluding hydrogens is 244 g/mol. The molecule has 1 unspecified atom stereocenters. The van der Waals surface area contributed by atoms with Crippen LogP contribution in [0.3, 0.4) is 0 Å². The molecule has 1 saturated heterocycles. The fraction of sp³-hybridized carbons (Fsp3) is 0.667. The lowest BCUT2D eigenvalue weighted by Gasteiger charge is -2.47. The molecule has 1 heterocycles. The largest absolute Gasteiger partial charge is 0.384 e. The summed E-state index contributed by atoms with van der Waals surface area (Å²) in [6.45, 7) is 11.2. The number of ketones is 1. The maximum absolute atomic E-state index is 12.6. The third-order valence-corrected chi connectivity index (χ3v) is 4.52. The van der Waals surface area contributed by atoms with Crippen molar-refractivity contribution in [1.82, 2.24) is 0 Å². The number of hydrogen-bond acceptors (Lipinski definition) is 4. The molecule has 1 fully saturated rings. The monoisotopic (exact) mass is 266 g/mol. The van der Waals surface area contributed by atoms with E-state index in [9.17, 15) is 9.90 Å². The van der Waals surface area contributed by atoms with Gasteiger partial charge in [0.15, 0.2) is 11.6 Å². The predicted molar refractivity (Wildman–Crippen MR) is 71.6 cm³/mol. The normalized spacial score (nSPS) is 33.0. The van der Waals surface area contributed by atoms with E-state index in [0.29, 0.717) is 17.6 Å². The number of rotatable bonds is 2. The molecule has 2 rings (SSSR count). The molecule has 1 aliphatic heterocycles. The van der Waals surface area contributed by atoms with Crippen molar-refractivity contribution >= 4 is 5.78 Å². The number of allylic oxidation sites excluding steroid dienone is 1. The molecule has 0 bridgehead atoms. The number of Topliss-reactive ketones (excluding diaryl/α,β-unsaturated/α-hetero) is 1. The standard InChI is InChI=1S/C15H22O4/c1-6-7-15(17)11(3)10(2)12(16)14(15)8-18-13(4,5)19-9-14/h6,17H,1,7-9H2,2-5H3. The Labute approximate surface area is 114 Å². The van der Waals surface area contributed by atoms with Crippen molar-refractivity contribution in [3.8, 4) is 0 Å². The molecule has 0 aromatic heterocycles. The summed E-state index contributed by atoms with van der Waals surface area (Å²) in [5.74, 6) is -0.796. The number of aliphatic hydroxyl groups is 1. The summed E-state index contributed by atoms with van der Waals surface area (Å²) >= 11 is 0. The lowest BCUT2D eigenvalue weighted by Crippen LogP contribution is -2.60. The van der Waals surface area contributed by atoms with E-state index < -0.39 is 16.8 Å². The van der Waals surface area contributed by atoms with Gasteiger partial charge in [0.25, 0.3) is 0 Å². The Hall–Kier alpha value is -0.970. The fourth-order valence-electron chi connectivity index (χ4n) is 2.99. The molecule has 1 N–H and O–H groups in total. The van der Waals surface area contributed by atoms with E-state index >= 15 is 0 Å². The summed E-state index contributed by atoms with van der Waals surface area (Å²) in [5, 5.41) is 11.0. The minimum absolute atomic E-state index is 0.0788. The maximum atomic E-state index is 12.6. The first-order chi connectivity index (χ1) is 8.70. The molecule has 4 heteroatoms. The van der Waals surface area contributed by atoms with Crippen molar-refractivity contribution in [3.63, 3.8) is 0 Å². The van der Waals surface area contributed by atoms with Gasteiger partial charge in [0, 0.05) is 0 Å². The van der Waals surface area contributed by atoms with Crippen LogP contribution in [0.25, 0.3) is 0 Å². The average molecular weight is 266 g/mol. The fourth-order valence-corrected chi connectivity index (χ4v) is 2.99. The van der Waals surface area contributed by atoms with Crippen molar-refractivity contribution in [2.45, 2.75) is 45.5 Å². The van der Waals surface area contributed by atoms with E-state index in [-0.39, 0.29) is 19.0 Å². The zero-order chi connectivity index (χ0) is 14.5. The number of carbonyl (C=O) groups excluding carboxylic acids is 1. The van der Waals surface area contributed by atoms with Crippen LogP contribution in [0.4, 0.5) is 0 Å². The van der Waals surface area contributed by atoms with Crippen LogP contribution >= 0.6 is 0 Å². The molecule has 4 nitrogen and oxygen atoms in total. The van der Waals surface area contributed by atoms with Crippen LogP contribution in [0.5, 0.6) is 0 Å². The van der Waals surface area contributed by atoms with Crippen molar-refractivity contribution in [1.29, 1.82) is 0 Å². The van der Waals surface area contributed by atoms with Crippen LogP contribution in [0, 0.1) is 5.41 Å². The second-order valence-corrected chi connectivity index (χ2v) is 5.99. The second kappa shape index (κ2) is 4.27. The summed E-state index contributed by atoms with van der Waals surface area (Å²) in [6, 6.07) is 0. The van der Waals surface area contributed by atoms with Crippen LogP contribution in [0.2, 0.25) is 0 Å². The molecule has 0 aromatic rings. The number of carbonyl (C=O) groups is 1. The van der Waals surface area contributed by atoms with Gasteiger partial charge in [0.2, 0.25) is 0 Å². The minimum Gasteiger partial charge on any atom is -0.384 e. The van der Waals surface area contributed by atoms with Crippen molar-refractivity contribution in [3.05, 3.63) is 23.8 Å². The quantitative estimate of drug-likeness (QED) is 0.776. The topological polar surface area (TPSA) is 55.8 Å². The van der Waals surface area contributed by atoms with E-state index in [4.69, 9.17) is 9.47 Å². The van der Waals surface area contributed by atoms with Crippen molar-refractivity contribution in [2.75, 3.05) is 13.2 Å². The Balaban J connectivity index is 2.45. The Morgan fingerprint density at radius 2 is 1.84 bits per heavy atom. The van der Waals surface area contributed by atoms with Gasteiger partial charge in [-0.15, -0.1) is 6.58 Å². The van der Waals surface area contributed by atoms with E-state index in [2.05, 4.69) is 6.58 Å². The Morgan fingerprint density at radius 3 is 2.32 bits per heavy atom. The van der Waals surface area contributed by atoms with Crippen LogP contribution in [-0.4, -0.2) is 35.5 Å². The molecule has 19 heavy (non-hydrogen) atoms. The molecule has 1 atom stereocenters. The summed E-state index contributed by atoms with van der Waals surface area (Å²) < 4.78 is 11.3. The molecule has 1 spiro atoms. The smallest absolute Gasteiger partial charge is 0.172 e. The summed E-state index contributed by atoms with van der Waals surface area (Å²) in [6.07, 6.45) is 1.95. The highest BCUT2D eigenvalue weighted by atomic mass is 16.7. The molecular formula is C15H22O4. The molecule has 0 saturated carbocycles. The van der Waals surface area contributed by atoms with Gasteiger partial charge in [-0.3, -0.25) is 4.79 Å². The molecule has 1 aliphatic carbocycles. The van der Waals surface area contributed by atoms with Gasteiger partial charge in [-0.1, -0.05) is 6.08 Å². The highest BCUT2D eigenvalue weighted by Crippen LogP contribution is 2.52. The average Bonchev–Trinajstić information content (AvgIpc) is 2.48. The van der Waals surface area contributed by atoms with Crippen LogP contribution in [0.1, 0.15) is 34.1 Å². The minimum atomic E-state index is -1.26. The third-order valence-electron chi connectivity index (χ3n) is 4.52. The lowest BCUT2D eigenvalue weighted by molar-refractivity contribution is -0.298. The van der Waals surface area contributed by atoms with Gasteiger partial charge in [0.05, 0.1) is 13.2 Å². The molecule has 2 aliphatic rings. The Kier molecular flexibility index (Phi) is 3.24. The van der Waals surface area contributed by atoms with Gasteiger partial charge in [-0.05, 0) is 45.3 Å². The second-order valence-electron chi connectivity index (χ2n) is 5.99. The van der Waals surface area contributed by atoms with Gasteiger partial charge in [0.1, 0.15) is 11.0 Å². The van der Waals surface area contributed by atoms with Gasteiger partial charge < -0.3 is 14.6 Å². The Morgan fingerprint density at radius 1 is 1.32 bits per heavy atom. The SMILES string of the molecule is C=CCC1(O)C(C)=C(C)C(=O)C12COC(C)(C)OC2. The van der Waals surface area contributed by atoms with Gasteiger partial charge in [-0.25, -0.2) is 0 Å². The van der Waals surface area contributed by atoms with Crippen LogP contribution in [-0.2, 0) is 14.3 Å². The van der Waals surface area contributed by atoms with Crippen LogP contribution < -0.4 is 0 Å². The summed E-state index contributed by atoms with van der Waals surface area (Å²) in [4.78, 5) is 12.6. The van der Waals surface area contributed by atoms with Crippen molar-refractivity contribution < 1.29 is 19.4 Å². The maximum Gasteiger partial charge on any atom is 0.172 e. The summed E-state index contributed by atoms with van der Waals surface area (Å²) in [5.41, 5.74) is -0.988. The molecule has 0 aromatic carbocycles. The lowest BCUT2D eigenvalue weighted by atomic mass is 9.69. The van der Waals surface area contributed by atoms with Crippen LogP contribution in [0.15, 0.2) is 23.8 Å². The predicted octanol–water partition coefficient (Wildman–Crippen LogP) is 1.98. The van der Waals surface area contributed by atoms with Crippen molar-refractivity contribution in [2.24, 2.45) is 5.41 Å². The zero-order valence-electron chi connectivity index (χ0n) is 12.1. The highest BCUT2D eigenvalue weighted by Gasteiger charge is 2.63. The molecule has 0 amide bonds. The zero-order valence-corrected chi connectivity index (χ0v) is 12.1. The number of ether oxygens (including phenoxy) is 2. The first kappa shape index (κ1) is 14.4. The molecule has 0 radical (unpaired) electrons. The first-order valence-corrected chi connectivity index (χ1v) is 6.54. The summed E-state index contributed by atoms with van der Waals surface area (Å²) in [7, 11) is 0. The Bertz CT molecular complexity index is 451. The van der Waals surface area contributed by atoms with E-state index in [1.54, 1.807) is 33.8 Å². The first-order valence-electron chi connectivity index (χ1n) is 6.54. The molecule has 106 valence electrons. The van der Waals surface area contributed by atoms with Gasteiger partial charge >= 0.3 is 0 Å². The number of hydrogen-bond donors (Lipinski definition) is 1. The highest BCUT2D eigenvalue weighted by molar-refractivity contribution is 6.05.